The molecule has 0 bridgehead atoms. The second-order valence-corrected chi connectivity index (χ2v) is 4.11. The Morgan fingerprint density at radius 1 is 1.43 bits per heavy atom. The highest BCUT2D eigenvalue weighted by Crippen LogP contribution is 2.17. The van der Waals surface area contributed by atoms with Gasteiger partial charge in [-0.3, -0.25) is 0 Å². The molecule has 0 saturated heterocycles. The van der Waals surface area contributed by atoms with E-state index in [1.54, 1.807) is 19.1 Å². The van der Waals surface area contributed by atoms with Gasteiger partial charge in [-0.25, -0.2) is 0 Å². The molecule has 1 atom stereocenters. The quantitative estimate of drug-likeness (QED) is 0.778. The summed E-state index contributed by atoms with van der Waals surface area (Å²) >= 11 is 5.73. The molecule has 14 heavy (non-hydrogen) atoms. The number of carbonyl (C=O) groups excluding carboxylic acids is 1. The summed E-state index contributed by atoms with van der Waals surface area (Å²) < 4.78 is 0. The van der Waals surface area contributed by atoms with E-state index in [0.717, 1.165) is 11.8 Å². The van der Waals surface area contributed by atoms with Crippen molar-refractivity contribution in [3.8, 4) is 0 Å². The van der Waals surface area contributed by atoms with Gasteiger partial charge in [0.05, 0.1) is 5.60 Å². The van der Waals surface area contributed by atoms with Crippen LogP contribution in [0.1, 0.15) is 18.9 Å². The molecule has 1 aromatic carbocycles. The fraction of sp³-hybridized carbons (Fsp3) is 0.364. The van der Waals surface area contributed by atoms with Gasteiger partial charge < -0.3 is 9.90 Å². The number of benzene rings is 1. The van der Waals surface area contributed by atoms with Crippen LogP contribution < -0.4 is 0 Å². The SMILES string of the molecule is CC(O)(CC=O)Cc1ccc(Cl)cc1. The Kier molecular flexibility index (Phi) is 3.67. The van der Waals surface area contributed by atoms with Crippen LogP contribution in [-0.2, 0) is 11.2 Å². The van der Waals surface area contributed by atoms with Crippen LogP contribution in [0.4, 0.5) is 0 Å². The minimum atomic E-state index is -0.963. The summed E-state index contributed by atoms with van der Waals surface area (Å²) in [6, 6.07) is 7.24. The number of aldehydes is 1. The van der Waals surface area contributed by atoms with E-state index in [0.29, 0.717) is 11.4 Å². The molecule has 1 N–H and O–H groups in total. The molecular weight excluding hydrogens is 200 g/mol. The van der Waals surface area contributed by atoms with Crippen LogP contribution in [0.15, 0.2) is 24.3 Å². The van der Waals surface area contributed by atoms with Crippen LogP contribution in [0.3, 0.4) is 0 Å². The van der Waals surface area contributed by atoms with Crippen molar-refractivity contribution in [3.63, 3.8) is 0 Å². The molecule has 1 unspecified atom stereocenters. The van der Waals surface area contributed by atoms with E-state index < -0.39 is 5.60 Å². The highest BCUT2D eigenvalue weighted by Gasteiger charge is 2.19. The first-order valence-electron chi connectivity index (χ1n) is 4.44. The molecule has 0 radical (unpaired) electrons. The molecule has 0 aromatic heterocycles. The first kappa shape index (κ1) is 11.2. The summed E-state index contributed by atoms with van der Waals surface area (Å²) in [5.41, 5.74) is 0.0107. The molecule has 0 aliphatic heterocycles. The van der Waals surface area contributed by atoms with Crippen LogP contribution in [-0.4, -0.2) is 17.0 Å². The fourth-order valence-electron chi connectivity index (χ4n) is 1.29. The Morgan fingerprint density at radius 3 is 2.50 bits per heavy atom. The number of halogens is 1. The van der Waals surface area contributed by atoms with E-state index in [2.05, 4.69) is 0 Å². The molecular formula is C11H13ClO2. The molecule has 1 rings (SSSR count). The second kappa shape index (κ2) is 4.58. The number of carbonyl (C=O) groups is 1. The number of hydrogen-bond acceptors (Lipinski definition) is 2. The maximum absolute atomic E-state index is 10.3. The van der Waals surface area contributed by atoms with Crippen molar-refractivity contribution in [1.29, 1.82) is 0 Å². The molecule has 0 aliphatic carbocycles. The van der Waals surface area contributed by atoms with Crippen molar-refractivity contribution in [3.05, 3.63) is 34.9 Å². The van der Waals surface area contributed by atoms with Gasteiger partial charge in [0.1, 0.15) is 6.29 Å². The van der Waals surface area contributed by atoms with Gasteiger partial charge in [0.25, 0.3) is 0 Å². The summed E-state index contributed by atoms with van der Waals surface area (Å²) in [7, 11) is 0. The minimum Gasteiger partial charge on any atom is -0.389 e. The minimum absolute atomic E-state index is 0.148. The monoisotopic (exact) mass is 212 g/mol. The lowest BCUT2D eigenvalue weighted by atomic mass is 9.94. The van der Waals surface area contributed by atoms with E-state index >= 15 is 0 Å². The Bertz CT molecular complexity index is 304. The van der Waals surface area contributed by atoms with Crippen molar-refractivity contribution in [2.75, 3.05) is 0 Å². The maximum Gasteiger partial charge on any atom is 0.122 e. The Labute approximate surface area is 88.5 Å². The normalized spacial score (nSPS) is 14.8. The van der Waals surface area contributed by atoms with Gasteiger partial charge in [0.2, 0.25) is 0 Å². The first-order valence-corrected chi connectivity index (χ1v) is 4.82. The highest BCUT2D eigenvalue weighted by molar-refractivity contribution is 6.30. The zero-order chi connectivity index (χ0) is 10.6. The van der Waals surface area contributed by atoms with Gasteiger partial charge in [-0.05, 0) is 24.6 Å². The molecule has 0 amide bonds. The first-order chi connectivity index (χ1) is 6.53. The molecule has 0 fully saturated rings. The van der Waals surface area contributed by atoms with Crippen LogP contribution in [0.25, 0.3) is 0 Å². The van der Waals surface area contributed by atoms with Crippen molar-refractivity contribution in [1.82, 2.24) is 0 Å². The third-order valence-corrected chi connectivity index (χ3v) is 2.27. The Hall–Kier alpha value is -0.860. The van der Waals surface area contributed by atoms with Gasteiger partial charge in [-0.2, -0.15) is 0 Å². The van der Waals surface area contributed by atoms with E-state index in [1.807, 2.05) is 12.1 Å². The molecule has 3 heteroatoms. The predicted molar refractivity (Wildman–Crippen MR) is 56.5 cm³/mol. The van der Waals surface area contributed by atoms with Crippen molar-refractivity contribution in [2.24, 2.45) is 0 Å². The zero-order valence-corrected chi connectivity index (χ0v) is 8.79. The van der Waals surface area contributed by atoms with Gasteiger partial charge in [-0.15, -0.1) is 0 Å². The Morgan fingerprint density at radius 2 is 2.00 bits per heavy atom. The largest absolute Gasteiger partial charge is 0.389 e. The molecule has 0 aliphatic rings. The predicted octanol–water partition coefficient (Wildman–Crippen LogP) is 2.22. The second-order valence-electron chi connectivity index (χ2n) is 3.67. The fourth-order valence-corrected chi connectivity index (χ4v) is 1.42. The van der Waals surface area contributed by atoms with Crippen LogP contribution in [0.2, 0.25) is 5.02 Å². The lowest BCUT2D eigenvalue weighted by molar-refractivity contribution is -0.111. The van der Waals surface area contributed by atoms with Crippen molar-refractivity contribution < 1.29 is 9.90 Å². The topological polar surface area (TPSA) is 37.3 Å². The Balaban J connectivity index is 2.68. The summed E-state index contributed by atoms with van der Waals surface area (Å²) in [4.78, 5) is 10.3. The summed E-state index contributed by atoms with van der Waals surface area (Å²) in [6.07, 6.45) is 1.34. The molecule has 2 nitrogen and oxygen atoms in total. The van der Waals surface area contributed by atoms with E-state index in [9.17, 15) is 9.90 Å². The summed E-state index contributed by atoms with van der Waals surface area (Å²) in [6.45, 7) is 1.65. The maximum atomic E-state index is 10.3. The van der Waals surface area contributed by atoms with Crippen LogP contribution in [0, 0.1) is 0 Å². The van der Waals surface area contributed by atoms with Crippen LogP contribution >= 0.6 is 11.6 Å². The van der Waals surface area contributed by atoms with Crippen LogP contribution in [0.5, 0.6) is 0 Å². The van der Waals surface area contributed by atoms with Gasteiger partial charge in [0.15, 0.2) is 0 Å². The summed E-state index contributed by atoms with van der Waals surface area (Å²) in [5, 5.41) is 10.4. The van der Waals surface area contributed by atoms with E-state index in [-0.39, 0.29) is 6.42 Å². The van der Waals surface area contributed by atoms with Gasteiger partial charge >= 0.3 is 0 Å². The zero-order valence-electron chi connectivity index (χ0n) is 8.03. The van der Waals surface area contributed by atoms with Gasteiger partial charge in [-0.1, -0.05) is 23.7 Å². The van der Waals surface area contributed by atoms with Crippen molar-refractivity contribution >= 4 is 17.9 Å². The lowest BCUT2D eigenvalue weighted by Crippen LogP contribution is -2.27. The number of hydrogen-bond donors (Lipinski definition) is 1. The average Bonchev–Trinajstić information content (AvgIpc) is 2.08. The molecule has 0 heterocycles. The average molecular weight is 213 g/mol. The third kappa shape index (κ3) is 3.48. The molecule has 0 spiro atoms. The standard InChI is InChI=1S/C11H13ClO2/c1-11(14,6-7-13)8-9-2-4-10(12)5-3-9/h2-5,7,14H,6,8H2,1H3. The van der Waals surface area contributed by atoms with Gasteiger partial charge in [0, 0.05) is 17.9 Å². The van der Waals surface area contributed by atoms with Crippen molar-refractivity contribution in [2.45, 2.75) is 25.4 Å². The molecule has 0 saturated carbocycles. The van der Waals surface area contributed by atoms with E-state index in [1.165, 1.54) is 0 Å². The number of rotatable bonds is 4. The molecule has 76 valence electrons. The highest BCUT2D eigenvalue weighted by atomic mass is 35.5. The smallest absolute Gasteiger partial charge is 0.122 e. The molecule has 1 aromatic rings. The van der Waals surface area contributed by atoms with E-state index in [4.69, 9.17) is 11.6 Å². The summed E-state index contributed by atoms with van der Waals surface area (Å²) in [5.74, 6) is 0. The number of aliphatic hydroxyl groups is 1. The third-order valence-electron chi connectivity index (χ3n) is 2.02. The lowest BCUT2D eigenvalue weighted by Gasteiger charge is -2.20.